The van der Waals surface area contributed by atoms with Gasteiger partial charge in [0.25, 0.3) is 0 Å². The fourth-order valence-corrected chi connectivity index (χ4v) is 1.54. The molecule has 0 saturated carbocycles. The summed E-state index contributed by atoms with van der Waals surface area (Å²) in [6.07, 6.45) is 0.368. The van der Waals surface area contributed by atoms with Crippen LogP contribution in [-0.2, 0) is 4.74 Å². The van der Waals surface area contributed by atoms with Crippen LogP contribution in [0, 0.1) is 0 Å². The Labute approximate surface area is 114 Å². The Hall–Kier alpha value is -1.59. The van der Waals surface area contributed by atoms with Gasteiger partial charge in [0.05, 0.1) is 5.56 Å². The van der Waals surface area contributed by atoms with Crippen LogP contribution in [0.2, 0.25) is 0 Å². The van der Waals surface area contributed by atoms with Crippen molar-refractivity contribution in [2.24, 2.45) is 0 Å². The largest absolute Gasteiger partial charge is 0.459 e. The van der Waals surface area contributed by atoms with Crippen molar-refractivity contribution in [1.29, 1.82) is 0 Å². The van der Waals surface area contributed by atoms with Crippen LogP contribution >= 0.6 is 0 Å². The second-order valence-corrected chi connectivity index (χ2v) is 4.31. The number of hydrogen-bond donors (Lipinski definition) is 3. The molecular formula is C14H22N2O3. The van der Waals surface area contributed by atoms with Crippen LogP contribution in [-0.4, -0.2) is 43.9 Å². The van der Waals surface area contributed by atoms with Crippen LogP contribution in [0.1, 0.15) is 23.7 Å². The van der Waals surface area contributed by atoms with Gasteiger partial charge >= 0.3 is 5.97 Å². The second kappa shape index (κ2) is 8.50. The Kier molecular flexibility index (Phi) is 6.92. The van der Waals surface area contributed by atoms with Gasteiger partial charge in [-0.3, -0.25) is 0 Å². The zero-order valence-corrected chi connectivity index (χ0v) is 11.5. The average molecular weight is 266 g/mol. The van der Waals surface area contributed by atoms with Crippen molar-refractivity contribution in [3.63, 3.8) is 0 Å². The molecule has 0 radical (unpaired) electrons. The lowest BCUT2D eigenvalue weighted by atomic mass is 10.2. The van der Waals surface area contributed by atoms with Crippen molar-refractivity contribution in [2.45, 2.75) is 19.4 Å². The van der Waals surface area contributed by atoms with E-state index in [4.69, 9.17) is 4.74 Å². The van der Waals surface area contributed by atoms with E-state index in [1.807, 2.05) is 12.1 Å². The van der Waals surface area contributed by atoms with Gasteiger partial charge in [-0.15, -0.1) is 0 Å². The highest BCUT2D eigenvalue weighted by Gasteiger charge is 2.10. The van der Waals surface area contributed by atoms with Gasteiger partial charge in [0.15, 0.2) is 0 Å². The number of likely N-dealkylation sites (N-methyl/N-ethyl adjacent to an activating group) is 1. The summed E-state index contributed by atoms with van der Waals surface area (Å²) in [5.74, 6) is -0.419. The average Bonchev–Trinajstić information content (AvgIpc) is 2.43. The number of aliphatic hydroxyl groups is 1. The number of ether oxygens (including phenoxy) is 1. The van der Waals surface area contributed by atoms with Crippen molar-refractivity contribution >= 4 is 11.7 Å². The van der Waals surface area contributed by atoms with E-state index in [1.54, 1.807) is 19.2 Å². The smallest absolute Gasteiger partial charge is 0.338 e. The molecule has 0 aliphatic heterocycles. The van der Waals surface area contributed by atoms with Crippen molar-refractivity contribution in [3.8, 4) is 0 Å². The van der Waals surface area contributed by atoms with Gasteiger partial charge in [0, 0.05) is 18.8 Å². The summed E-state index contributed by atoms with van der Waals surface area (Å²) in [7, 11) is 1.73. The molecule has 19 heavy (non-hydrogen) atoms. The van der Waals surface area contributed by atoms with Gasteiger partial charge in [-0.1, -0.05) is 6.92 Å². The molecule has 0 aliphatic carbocycles. The normalized spacial score (nSPS) is 11.9. The first-order valence-corrected chi connectivity index (χ1v) is 6.51. The molecule has 0 aliphatic rings. The van der Waals surface area contributed by atoms with E-state index in [0.29, 0.717) is 12.1 Å². The minimum absolute atomic E-state index is 0.00445. The van der Waals surface area contributed by atoms with Crippen LogP contribution < -0.4 is 10.6 Å². The number of carbonyl (C=O) groups is 1. The van der Waals surface area contributed by atoms with Crippen molar-refractivity contribution in [1.82, 2.24) is 5.32 Å². The standard InChI is InChI=1S/C14H22N2O3/c1-3-8-16-12-6-4-11(5-7-12)14(18)19-10-13(17)9-15-2/h4-7,13,15-17H,3,8-10H2,1-2H3. The molecule has 1 aromatic carbocycles. The molecule has 1 rings (SSSR count). The lowest BCUT2D eigenvalue weighted by Crippen LogP contribution is -2.29. The fraction of sp³-hybridized carbons (Fsp3) is 0.500. The molecule has 0 aromatic heterocycles. The molecular weight excluding hydrogens is 244 g/mol. The van der Waals surface area contributed by atoms with Crippen LogP contribution in [0.3, 0.4) is 0 Å². The minimum atomic E-state index is -0.681. The monoisotopic (exact) mass is 266 g/mol. The molecule has 0 spiro atoms. The lowest BCUT2D eigenvalue weighted by Gasteiger charge is -2.11. The summed E-state index contributed by atoms with van der Waals surface area (Å²) in [5, 5.41) is 15.5. The van der Waals surface area contributed by atoms with E-state index in [9.17, 15) is 9.90 Å². The third-order valence-corrected chi connectivity index (χ3v) is 2.55. The molecule has 0 bridgehead atoms. The van der Waals surface area contributed by atoms with E-state index >= 15 is 0 Å². The predicted molar refractivity (Wildman–Crippen MR) is 75.4 cm³/mol. The van der Waals surface area contributed by atoms with Crippen LogP contribution in [0.25, 0.3) is 0 Å². The van der Waals surface area contributed by atoms with Gasteiger partial charge in [0.1, 0.15) is 12.7 Å². The van der Waals surface area contributed by atoms with E-state index in [0.717, 1.165) is 18.7 Å². The van der Waals surface area contributed by atoms with Gasteiger partial charge < -0.3 is 20.5 Å². The number of aliphatic hydroxyl groups excluding tert-OH is 1. The molecule has 1 atom stereocenters. The molecule has 106 valence electrons. The Morgan fingerprint density at radius 1 is 1.37 bits per heavy atom. The Bertz CT molecular complexity index is 379. The zero-order valence-electron chi connectivity index (χ0n) is 11.5. The number of carbonyl (C=O) groups excluding carboxylic acids is 1. The molecule has 1 aromatic rings. The number of anilines is 1. The van der Waals surface area contributed by atoms with E-state index in [1.165, 1.54) is 0 Å². The first-order chi connectivity index (χ1) is 9.17. The van der Waals surface area contributed by atoms with E-state index < -0.39 is 12.1 Å². The maximum Gasteiger partial charge on any atom is 0.338 e. The maximum absolute atomic E-state index is 11.7. The van der Waals surface area contributed by atoms with Crippen LogP contribution in [0.5, 0.6) is 0 Å². The number of rotatable bonds is 8. The van der Waals surface area contributed by atoms with Crippen LogP contribution in [0.15, 0.2) is 24.3 Å². The SMILES string of the molecule is CCCNc1ccc(C(=O)OCC(O)CNC)cc1. The Morgan fingerprint density at radius 2 is 2.05 bits per heavy atom. The molecule has 0 amide bonds. The van der Waals surface area contributed by atoms with Gasteiger partial charge in [-0.05, 0) is 37.7 Å². The first kappa shape index (κ1) is 15.5. The highest BCUT2D eigenvalue weighted by atomic mass is 16.5. The summed E-state index contributed by atoms with van der Waals surface area (Å²) in [5.41, 5.74) is 1.47. The minimum Gasteiger partial charge on any atom is -0.459 e. The third-order valence-electron chi connectivity index (χ3n) is 2.55. The molecule has 5 nitrogen and oxygen atoms in total. The van der Waals surface area contributed by atoms with Crippen LogP contribution in [0.4, 0.5) is 5.69 Å². The fourth-order valence-electron chi connectivity index (χ4n) is 1.54. The zero-order chi connectivity index (χ0) is 14.1. The Balaban J connectivity index is 2.44. The number of benzene rings is 1. The topological polar surface area (TPSA) is 70.6 Å². The number of hydrogen-bond acceptors (Lipinski definition) is 5. The predicted octanol–water partition coefficient (Wildman–Crippen LogP) is 1.25. The van der Waals surface area contributed by atoms with Gasteiger partial charge in [-0.25, -0.2) is 4.79 Å². The first-order valence-electron chi connectivity index (χ1n) is 6.51. The molecule has 1 unspecified atom stereocenters. The highest BCUT2D eigenvalue weighted by Crippen LogP contribution is 2.10. The van der Waals surface area contributed by atoms with Crippen molar-refractivity contribution in [3.05, 3.63) is 29.8 Å². The van der Waals surface area contributed by atoms with Gasteiger partial charge in [-0.2, -0.15) is 0 Å². The van der Waals surface area contributed by atoms with Gasteiger partial charge in [0.2, 0.25) is 0 Å². The number of esters is 1. The molecule has 3 N–H and O–H groups in total. The summed E-state index contributed by atoms with van der Waals surface area (Å²) in [6, 6.07) is 7.11. The summed E-state index contributed by atoms with van der Waals surface area (Å²) >= 11 is 0. The maximum atomic E-state index is 11.7. The van der Waals surface area contributed by atoms with E-state index in [-0.39, 0.29) is 6.61 Å². The third kappa shape index (κ3) is 5.72. The van der Waals surface area contributed by atoms with Crippen molar-refractivity contribution < 1.29 is 14.6 Å². The molecule has 5 heteroatoms. The Morgan fingerprint density at radius 3 is 2.63 bits per heavy atom. The summed E-state index contributed by atoms with van der Waals surface area (Å²) < 4.78 is 5.01. The molecule has 0 heterocycles. The number of nitrogens with one attached hydrogen (secondary N) is 2. The molecule has 0 saturated heterocycles. The quantitative estimate of drug-likeness (QED) is 0.618. The summed E-state index contributed by atoms with van der Waals surface area (Å²) in [6.45, 7) is 3.39. The molecule has 0 fully saturated rings. The lowest BCUT2D eigenvalue weighted by molar-refractivity contribution is 0.0263. The van der Waals surface area contributed by atoms with E-state index in [2.05, 4.69) is 17.6 Å². The summed E-state index contributed by atoms with van der Waals surface area (Å²) in [4.78, 5) is 11.7. The second-order valence-electron chi connectivity index (χ2n) is 4.31. The highest BCUT2D eigenvalue weighted by molar-refractivity contribution is 5.89. The van der Waals surface area contributed by atoms with Crippen molar-refractivity contribution in [2.75, 3.05) is 32.1 Å².